The molecule has 1 unspecified atom stereocenters. The van der Waals surface area contributed by atoms with Crippen LogP contribution in [-0.2, 0) is 14.6 Å². The lowest BCUT2D eigenvalue weighted by molar-refractivity contribution is -0.112. The highest BCUT2D eigenvalue weighted by molar-refractivity contribution is 7.91. The molecule has 1 aromatic carbocycles. The second-order valence-corrected chi connectivity index (χ2v) is 5.62. The number of halogens is 1. The molecule has 17 heavy (non-hydrogen) atoms. The summed E-state index contributed by atoms with van der Waals surface area (Å²) in [5.41, 5.74) is -0.0722. The van der Waals surface area contributed by atoms with Crippen molar-refractivity contribution in [2.24, 2.45) is 0 Å². The van der Waals surface area contributed by atoms with E-state index in [2.05, 4.69) is 0 Å². The van der Waals surface area contributed by atoms with Crippen molar-refractivity contribution in [1.82, 2.24) is 0 Å². The van der Waals surface area contributed by atoms with Gasteiger partial charge in [-0.2, -0.15) is 0 Å². The lowest BCUT2D eigenvalue weighted by atomic mass is 10.1. The first kappa shape index (κ1) is 13.6. The average Bonchev–Trinajstić information content (AvgIpc) is 2.36. The smallest absolute Gasteiger partial charge is 0.184 e. The number of carbonyl (C=O) groups excluding carboxylic acids is 1. The molecule has 0 heterocycles. The van der Waals surface area contributed by atoms with Gasteiger partial charge in [0.1, 0.15) is 5.75 Å². The topological polar surface area (TPSA) is 60.4 Å². The summed E-state index contributed by atoms with van der Waals surface area (Å²) in [4.78, 5) is 10.4. The van der Waals surface area contributed by atoms with Gasteiger partial charge in [0.2, 0.25) is 0 Å². The lowest BCUT2D eigenvalue weighted by Gasteiger charge is -2.10. The summed E-state index contributed by atoms with van der Waals surface area (Å²) < 4.78 is 41.4. The van der Waals surface area contributed by atoms with E-state index in [0.29, 0.717) is 0 Å². The molecule has 0 aliphatic heterocycles. The van der Waals surface area contributed by atoms with E-state index in [9.17, 15) is 17.6 Å². The van der Waals surface area contributed by atoms with E-state index in [1.54, 1.807) is 0 Å². The number of hydrogen-bond donors (Lipinski definition) is 0. The minimum atomic E-state index is -3.43. The highest BCUT2D eigenvalue weighted by Crippen LogP contribution is 2.29. The van der Waals surface area contributed by atoms with E-state index >= 15 is 0 Å². The van der Waals surface area contributed by atoms with Crippen molar-refractivity contribution in [1.29, 1.82) is 0 Å². The Hall–Kier alpha value is -1.43. The molecule has 6 heteroatoms. The summed E-state index contributed by atoms with van der Waals surface area (Å²) in [5, 5.41) is 0. The van der Waals surface area contributed by atoms with Gasteiger partial charge in [-0.1, -0.05) is 6.92 Å². The first-order valence-electron chi connectivity index (χ1n) is 4.96. The van der Waals surface area contributed by atoms with Crippen LogP contribution in [0.4, 0.5) is 4.39 Å². The molecule has 0 saturated carbocycles. The molecule has 0 N–H and O–H groups in total. The molecular formula is C11H13FO4S. The Balaban J connectivity index is 3.37. The van der Waals surface area contributed by atoms with Crippen LogP contribution in [0, 0.1) is 0 Å². The van der Waals surface area contributed by atoms with Crippen LogP contribution in [0.15, 0.2) is 23.1 Å². The maximum atomic E-state index is 13.3. The Kier molecular flexibility index (Phi) is 4.22. The van der Waals surface area contributed by atoms with Crippen LogP contribution in [0.5, 0.6) is 5.75 Å². The zero-order valence-electron chi connectivity index (χ0n) is 9.51. The molecule has 0 fully saturated rings. The second kappa shape index (κ2) is 5.27. The Morgan fingerprint density at radius 1 is 1.47 bits per heavy atom. The molecule has 1 aromatic rings. The molecule has 94 valence electrons. The predicted octanol–water partition coefficient (Wildman–Crippen LogP) is 1.70. The Labute approximate surface area is 99.3 Å². The van der Waals surface area contributed by atoms with E-state index in [1.807, 2.05) is 0 Å². The van der Waals surface area contributed by atoms with Crippen molar-refractivity contribution in [3.05, 3.63) is 23.8 Å². The number of alkyl halides is 1. The molecule has 0 spiro atoms. The van der Waals surface area contributed by atoms with Gasteiger partial charge in [-0.15, -0.1) is 0 Å². The van der Waals surface area contributed by atoms with Crippen molar-refractivity contribution < 1.29 is 22.3 Å². The van der Waals surface area contributed by atoms with Crippen molar-refractivity contribution in [3.8, 4) is 5.75 Å². The van der Waals surface area contributed by atoms with Gasteiger partial charge < -0.3 is 4.74 Å². The summed E-state index contributed by atoms with van der Waals surface area (Å²) in [6, 6.07) is 3.81. The van der Waals surface area contributed by atoms with Crippen molar-refractivity contribution >= 4 is 16.1 Å². The molecule has 0 amide bonds. The van der Waals surface area contributed by atoms with Gasteiger partial charge in [0.25, 0.3) is 0 Å². The number of ether oxygens (including phenoxy) is 1. The Morgan fingerprint density at radius 2 is 2.12 bits per heavy atom. The van der Waals surface area contributed by atoms with Crippen LogP contribution in [-0.4, -0.2) is 27.6 Å². The summed E-state index contributed by atoms with van der Waals surface area (Å²) in [6.45, 7) is 1.49. The van der Waals surface area contributed by atoms with E-state index < -0.39 is 16.0 Å². The number of aldehydes is 1. The SMILES string of the molecule is CCS(=O)(=O)c1ccc(OC)c(C(F)C=O)c1. The summed E-state index contributed by atoms with van der Waals surface area (Å²) in [7, 11) is -2.10. The Morgan fingerprint density at radius 3 is 2.59 bits per heavy atom. The number of sulfone groups is 1. The van der Waals surface area contributed by atoms with E-state index in [1.165, 1.54) is 26.2 Å². The number of rotatable bonds is 5. The maximum Gasteiger partial charge on any atom is 0.184 e. The molecule has 0 saturated heterocycles. The zero-order valence-corrected chi connectivity index (χ0v) is 10.3. The van der Waals surface area contributed by atoms with Crippen LogP contribution in [0.3, 0.4) is 0 Å². The molecule has 0 bridgehead atoms. The third-order valence-electron chi connectivity index (χ3n) is 2.36. The van der Waals surface area contributed by atoms with Crippen LogP contribution in [0.2, 0.25) is 0 Å². The van der Waals surface area contributed by atoms with Gasteiger partial charge in [-0.3, -0.25) is 4.79 Å². The third-order valence-corrected chi connectivity index (χ3v) is 4.09. The monoisotopic (exact) mass is 260 g/mol. The highest BCUT2D eigenvalue weighted by atomic mass is 32.2. The normalized spacial score (nSPS) is 13.1. The Bertz CT molecular complexity index is 510. The summed E-state index contributed by atoms with van der Waals surface area (Å²) in [6.07, 6.45) is -1.79. The first-order valence-corrected chi connectivity index (χ1v) is 6.61. The molecule has 0 radical (unpaired) electrons. The maximum absolute atomic E-state index is 13.3. The highest BCUT2D eigenvalue weighted by Gasteiger charge is 2.19. The van der Waals surface area contributed by atoms with E-state index in [-0.39, 0.29) is 28.2 Å². The number of methoxy groups -OCH3 is 1. The molecular weight excluding hydrogens is 247 g/mol. The molecule has 0 aliphatic carbocycles. The van der Waals surface area contributed by atoms with E-state index in [0.717, 1.165) is 6.07 Å². The van der Waals surface area contributed by atoms with Gasteiger partial charge >= 0.3 is 0 Å². The van der Waals surface area contributed by atoms with Gasteiger partial charge in [0.05, 0.1) is 17.8 Å². The average molecular weight is 260 g/mol. The van der Waals surface area contributed by atoms with Gasteiger partial charge in [-0.05, 0) is 18.2 Å². The molecule has 1 atom stereocenters. The van der Waals surface area contributed by atoms with Crippen LogP contribution >= 0.6 is 0 Å². The van der Waals surface area contributed by atoms with Crippen molar-refractivity contribution in [3.63, 3.8) is 0 Å². The van der Waals surface area contributed by atoms with Gasteiger partial charge in [-0.25, -0.2) is 12.8 Å². The predicted molar refractivity (Wildman–Crippen MR) is 60.6 cm³/mol. The number of benzene rings is 1. The molecule has 1 rings (SSSR count). The molecule has 0 aliphatic rings. The second-order valence-electron chi connectivity index (χ2n) is 3.35. The van der Waals surface area contributed by atoms with Crippen molar-refractivity contribution in [2.75, 3.05) is 12.9 Å². The summed E-state index contributed by atoms with van der Waals surface area (Å²) >= 11 is 0. The van der Waals surface area contributed by atoms with Crippen LogP contribution in [0.1, 0.15) is 18.7 Å². The zero-order chi connectivity index (χ0) is 13.1. The fourth-order valence-corrected chi connectivity index (χ4v) is 2.28. The lowest BCUT2D eigenvalue weighted by Crippen LogP contribution is -2.06. The third kappa shape index (κ3) is 2.82. The fourth-order valence-electron chi connectivity index (χ4n) is 1.36. The number of hydrogen-bond acceptors (Lipinski definition) is 4. The standard InChI is InChI=1S/C11H13FO4S/c1-3-17(14,15)8-4-5-11(16-2)9(6-8)10(12)7-13/h4-7,10H,3H2,1-2H3. The first-order chi connectivity index (χ1) is 7.96. The van der Waals surface area contributed by atoms with Crippen molar-refractivity contribution in [2.45, 2.75) is 18.0 Å². The van der Waals surface area contributed by atoms with E-state index in [4.69, 9.17) is 4.74 Å². The fraction of sp³-hybridized carbons (Fsp3) is 0.364. The van der Waals surface area contributed by atoms with Gasteiger partial charge in [0.15, 0.2) is 22.3 Å². The van der Waals surface area contributed by atoms with Crippen LogP contribution in [0.25, 0.3) is 0 Å². The quantitative estimate of drug-likeness (QED) is 0.756. The molecule has 4 nitrogen and oxygen atoms in total. The minimum Gasteiger partial charge on any atom is -0.496 e. The number of carbonyl (C=O) groups is 1. The van der Waals surface area contributed by atoms with Gasteiger partial charge in [0, 0.05) is 5.56 Å². The summed E-state index contributed by atoms with van der Waals surface area (Å²) in [5.74, 6) is 0.0660. The molecule has 0 aromatic heterocycles. The largest absolute Gasteiger partial charge is 0.496 e. The van der Waals surface area contributed by atoms with Crippen LogP contribution < -0.4 is 4.74 Å². The minimum absolute atomic E-state index is 0.0136.